The van der Waals surface area contributed by atoms with Gasteiger partial charge in [-0.25, -0.2) is 8.78 Å². The second kappa shape index (κ2) is 9.76. The summed E-state index contributed by atoms with van der Waals surface area (Å²) in [5.74, 6) is -5.27. The maximum absolute atomic E-state index is 13.6. The lowest BCUT2D eigenvalue weighted by Gasteiger charge is -2.19. The van der Waals surface area contributed by atoms with E-state index in [9.17, 15) is 30.7 Å². The highest BCUT2D eigenvalue weighted by Gasteiger charge is 2.40. The molecule has 0 heterocycles. The van der Waals surface area contributed by atoms with Crippen LogP contribution >= 0.6 is 23.2 Å². The van der Waals surface area contributed by atoms with E-state index in [4.69, 9.17) is 23.2 Å². The minimum Gasteiger partial charge on any atom is -0.426 e. The number of halogens is 9. The number of hydrogen-bond donors (Lipinski definition) is 2. The van der Waals surface area contributed by atoms with Crippen LogP contribution in [0.2, 0.25) is 10.0 Å². The van der Waals surface area contributed by atoms with Crippen molar-refractivity contribution in [2.45, 2.75) is 25.8 Å². The second-order valence-corrected chi connectivity index (χ2v) is 6.72. The van der Waals surface area contributed by atoms with Crippen LogP contribution in [0.5, 0.6) is 5.75 Å². The van der Waals surface area contributed by atoms with Gasteiger partial charge in [-0.05, 0) is 31.2 Å². The first kappa shape index (κ1) is 24.1. The number of nitrogens with one attached hydrogen (secondary N) is 2. The van der Waals surface area contributed by atoms with Gasteiger partial charge in [0.2, 0.25) is 0 Å². The third-order valence-corrected chi connectivity index (χ3v) is 4.20. The van der Waals surface area contributed by atoms with E-state index in [0.717, 1.165) is 24.3 Å². The zero-order valence-electron chi connectivity index (χ0n) is 15.0. The lowest BCUT2D eigenvalue weighted by atomic mass is 10.2. The van der Waals surface area contributed by atoms with Crippen molar-refractivity contribution in [1.29, 1.82) is 0 Å². The van der Waals surface area contributed by atoms with Crippen LogP contribution in [0.3, 0.4) is 0 Å². The number of ether oxygens (including phenoxy) is 1. The van der Waals surface area contributed by atoms with E-state index in [2.05, 4.69) is 15.4 Å². The predicted molar refractivity (Wildman–Crippen MR) is 98.7 cm³/mol. The first-order valence-corrected chi connectivity index (χ1v) is 8.88. The van der Waals surface area contributed by atoms with E-state index in [-0.39, 0.29) is 17.8 Å². The fourth-order valence-electron chi connectivity index (χ4n) is 2.24. The number of rotatable bonds is 7. The molecule has 0 fully saturated rings. The number of allylic oxidation sites excluding steroid dienone is 1. The molecule has 12 heteroatoms. The van der Waals surface area contributed by atoms with Crippen LogP contribution in [-0.4, -0.2) is 12.3 Å². The monoisotopic (exact) mass is 476 g/mol. The molecule has 0 radical (unpaired) electrons. The second-order valence-electron chi connectivity index (χ2n) is 5.90. The average molecular weight is 477 g/mol. The first-order valence-electron chi connectivity index (χ1n) is 8.12. The molecule has 2 aromatic carbocycles. The van der Waals surface area contributed by atoms with Crippen LogP contribution < -0.4 is 15.4 Å². The molecule has 0 aliphatic heterocycles. The quantitative estimate of drug-likeness (QED) is 0.260. The molecule has 0 bridgehead atoms. The summed E-state index contributed by atoms with van der Waals surface area (Å²) in [6, 6.07) is 3.14. The molecule has 0 aliphatic carbocycles. The third-order valence-electron chi connectivity index (χ3n) is 3.64. The molecule has 0 amide bonds. The van der Waals surface area contributed by atoms with Crippen molar-refractivity contribution in [3.63, 3.8) is 0 Å². The van der Waals surface area contributed by atoms with Crippen molar-refractivity contribution in [2.75, 3.05) is 5.32 Å². The summed E-state index contributed by atoms with van der Waals surface area (Å²) >= 11 is 11.7. The topological polar surface area (TPSA) is 33.3 Å². The van der Waals surface area contributed by atoms with Crippen molar-refractivity contribution in [2.24, 2.45) is 0 Å². The first-order chi connectivity index (χ1) is 13.9. The lowest BCUT2D eigenvalue weighted by Crippen LogP contribution is -2.33. The van der Waals surface area contributed by atoms with Gasteiger partial charge in [0.1, 0.15) is 11.6 Å². The average Bonchev–Trinajstić information content (AvgIpc) is 2.62. The highest BCUT2D eigenvalue weighted by Crippen LogP contribution is 2.39. The molecule has 0 saturated heterocycles. The van der Waals surface area contributed by atoms with Gasteiger partial charge in [-0.3, -0.25) is 5.32 Å². The van der Waals surface area contributed by atoms with Gasteiger partial charge in [-0.2, -0.15) is 22.0 Å². The Hall–Kier alpha value is -2.17. The van der Waals surface area contributed by atoms with E-state index in [1.807, 2.05) is 0 Å². The van der Waals surface area contributed by atoms with Crippen molar-refractivity contribution in [1.82, 2.24) is 5.32 Å². The Morgan fingerprint density at radius 3 is 2.10 bits per heavy atom. The van der Waals surface area contributed by atoms with Crippen LogP contribution in [0.15, 0.2) is 42.2 Å². The highest BCUT2D eigenvalue weighted by molar-refractivity contribution is 6.37. The standard InChI is InChI=1S/C18H13Cl2F7N2O/c1-8(28-7-10-13(21)3-2-4-14(10)22)29-9-5-11(19)15(12(20)6-9)30-17(24)16(23)18(25,26)27/h2-6,8,28-29H,7H2,1H3/b17-16-. The van der Waals surface area contributed by atoms with E-state index < -0.39 is 51.6 Å². The van der Waals surface area contributed by atoms with Crippen molar-refractivity contribution in [3.05, 3.63) is 69.4 Å². The summed E-state index contributed by atoms with van der Waals surface area (Å²) in [5.41, 5.74) is 0.0342. The minimum atomic E-state index is -5.58. The maximum atomic E-state index is 13.6. The van der Waals surface area contributed by atoms with Crippen LogP contribution in [0.1, 0.15) is 12.5 Å². The minimum absolute atomic E-state index is 0.165. The summed E-state index contributed by atoms with van der Waals surface area (Å²) in [5, 5.41) is 4.79. The summed E-state index contributed by atoms with van der Waals surface area (Å²) in [7, 11) is 0. The molecule has 1 unspecified atom stereocenters. The Bertz CT molecular complexity index is 907. The van der Waals surface area contributed by atoms with Crippen LogP contribution in [-0.2, 0) is 6.54 Å². The fraction of sp³-hybridized carbons (Fsp3) is 0.222. The van der Waals surface area contributed by atoms with Gasteiger partial charge in [0.15, 0.2) is 5.75 Å². The molecule has 1 atom stereocenters. The molecule has 2 rings (SSSR count). The summed E-state index contributed by atoms with van der Waals surface area (Å²) < 4.78 is 94.2. The Kier molecular flexibility index (Phi) is 7.84. The number of alkyl halides is 3. The lowest BCUT2D eigenvalue weighted by molar-refractivity contribution is -0.114. The molecular formula is C18H13Cl2F7N2O. The summed E-state index contributed by atoms with van der Waals surface area (Å²) in [6.07, 6.45) is -6.16. The normalized spacial score (nSPS) is 13.7. The molecular weight excluding hydrogens is 464 g/mol. The van der Waals surface area contributed by atoms with E-state index in [0.29, 0.717) is 0 Å². The Balaban J connectivity index is 2.09. The van der Waals surface area contributed by atoms with Gasteiger partial charge in [-0.1, -0.05) is 29.3 Å². The van der Waals surface area contributed by atoms with Gasteiger partial charge in [0.05, 0.1) is 16.2 Å². The fourth-order valence-corrected chi connectivity index (χ4v) is 2.81. The van der Waals surface area contributed by atoms with Gasteiger partial charge >= 0.3 is 12.2 Å². The molecule has 0 saturated carbocycles. The van der Waals surface area contributed by atoms with Gasteiger partial charge in [-0.15, -0.1) is 0 Å². The Labute approximate surface area is 176 Å². The van der Waals surface area contributed by atoms with Crippen LogP contribution in [0.4, 0.5) is 36.4 Å². The molecule has 2 aromatic rings. The third kappa shape index (κ3) is 6.16. The van der Waals surface area contributed by atoms with Crippen LogP contribution in [0, 0.1) is 11.6 Å². The number of hydrogen-bond acceptors (Lipinski definition) is 3. The molecule has 0 spiro atoms. The van der Waals surface area contributed by atoms with Crippen molar-refractivity contribution in [3.8, 4) is 5.75 Å². The number of benzene rings is 2. The van der Waals surface area contributed by atoms with Gasteiger partial charge in [0, 0.05) is 17.8 Å². The van der Waals surface area contributed by atoms with E-state index in [1.54, 1.807) is 6.92 Å². The largest absolute Gasteiger partial charge is 0.449 e. The van der Waals surface area contributed by atoms with E-state index in [1.165, 1.54) is 6.07 Å². The summed E-state index contributed by atoms with van der Waals surface area (Å²) in [6.45, 7) is 1.42. The zero-order valence-corrected chi connectivity index (χ0v) is 16.5. The summed E-state index contributed by atoms with van der Waals surface area (Å²) in [4.78, 5) is 0. The zero-order chi connectivity index (χ0) is 22.6. The molecule has 3 nitrogen and oxygen atoms in total. The van der Waals surface area contributed by atoms with Gasteiger partial charge < -0.3 is 10.1 Å². The predicted octanol–water partition coefficient (Wildman–Crippen LogP) is 6.87. The van der Waals surface area contributed by atoms with Crippen molar-refractivity contribution < 1.29 is 35.5 Å². The van der Waals surface area contributed by atoms with Crippen molar-refractivity contribution >= 4 is 28.9 Å². The smallest absolute Gasteiger partial charge is 0.426 e. The molecule has 164 valence electrons. The molecule has 0 aromatic heterocycles. The molecule has 30 heavy (non-hydrogen) atoms. The Morgan fingerprint density at radius 1 is 1.07 bits per heavy atom. The highest BCUT2D eigenvalue weighted by atomic mass is 35.5. The SMILES string of the molecule is CC(NCc1c(F)cccc1F)Nc1cc(Cl)c(O/C(F)=C(\F)C(F)(F)F)c(Cl)c1. The van der Waals surface area contributed by atoms with Gasteiger partial charge in [0.25, 0.3) is 5.83 Å². The van der Waals surface area contributed by atoms with E-state index >= 15 is 0 Å². The Morgan fingerprint density at radius 2 is 1.60 bits per heavy atom. The molecule has 0 aliphatic rings. The maximum Gasteiger partial charge on any atom is 0.449 e. The molecule has 2 N–H and O–H groups in total. The number of anilines is 1. The van der Waals surface area contributed by atoms with Crippen LogP contribution in [0.25, 0.3) is 0 Å².